The van der Waals surface area contributed by atoms with Gasteiger partial charge in [0.1, 0.15) is 18.5 Å². The van der Waals surface area contributed by atoms with Crippen molar-refractivity contribution in [3.8, 4) is 5.69 Å². The smallest absolute Gasteiger partial charge is 0.433 e. The van der Waals surface area contributed by atoms with Crippen molar-refractivity contribution >= 4 is 6.02 Å². The molecule has 0 saturated heterocycles. The van der Waals surface area contributed by atoms with Gasteiger partial charge in [0.2, 0.25) is 6.33 Å². The molecular formula is C18H24N3O+. The van der Waals surface area contributed by atoms with E-state index in [0.29, 0.717) is 18.5 Å². The lowest BCUT2D eigenvalue weighted by atomic mass is 10.1. The number of aliphatic imine (C=N–C) groups is 1. The second kappa shape index (κ2) is 5.59. The highest BCUT2D eigenvalue weighted by atomic mass is 16.5. The molecular weight excluding hydrogens is 274 g/mol. The van der Waals surface area contributed by atoms with E-state index < -0.39 is 0 Å². The van der Waals surface area contributed by atoms with Gasteiger partial charge in [0.15, 0.2) is 6.04 Å². The molecule has 0 amide bonds. The van der Waals surface area contributed by atoms with E-state index in [4.69, 9.17) is 4.74 Å². The maximum atomic E-state index is 5.74. The fourth-order valence-electron chi connectivity index (χ4n) is 3.04. The first-order valence-corrected chi connectivity index (χ1v) is 7.84. The molecule has 4 nitrogen and oxygen atoms in total. The highest BCUT2D eigenvalue weighted by molar-refractivity contribution is 5.65. The van der Waals surface area contributed by atoms with Crippen LogP contribution in [0.2, 0.25) is 0 Å². The highest BCUT2D eigenvalue weighted by Crippen LogP contribution is 2.20. The Kier molecular flexibility index (Phi) is 3.77. The van der Waals surface area contributed by atoms with Crippen LogP contribution in [0.15, 0.2) is 35.8 Å². The molecule has 0 fully saturated rings. The van der Waals surface area contributed by atoms with Crippen molar-refractivity contribution < 1.29 is 9.30 Å². The van der Waals surface area contributed by atoms with Crippen molar-refractivity contribution in [2.24, 2.45) is 10.9 Å². The number of aromatic nitrogens is 2. The molecule has 0 radical (unpaired) electrons. The van der Waals surface area contributed by atoms with Gasteiger partial charge < -0.3 is 4.74 Å². The van der Waals surface area contributed by atoms with Crippen molar-refractivity contribution in [3.05, 3.63) is 47.5 Å². The minimum absolute atomic E-state index is 0.258. The van der Waals surface area contributed by atoms with Gasteiger partial charge in [0.05, 0.1) is 6.20 Å². The summed E-state index contributed by atoms with van der Waals surface area (Å²) in [6.07, 6.45) is 6.09. The normalized spacial score (nSPS) is 17.7. The molecule has 1 atom stereocenters. The second-order valence-corrected chi connectivity index (χ2v) is 6.51. The molecule has 1 aromatic heterocycles. The minimum atomic E-state index is 0.258. The van der Waals surface area contributed by atoms with Crippen molar-refractivity contribution in [3.63, 3.8) is 0 Å². The number of ether oxygens (including phenoxy) is 1. The predicted molar refractivity (Wildman–Crippen MR) is 87.6 cm³/mol. The molecule has 0 aliphatic carbocycles. The van der Waals surface area contributed by atoms with Crippen molar-refractivity contribution in [2.45, 2.75) is 40.7 Å². The molecule has 0 spiro atoms. The van der Waals surface area contributed by atoms with Crippen LogP contribution in [-0.2, 0) is 4.74 Å². The Bertz CT molecular complexity index is 705. The number of hydrogen-bond donors (Lipinski definition) is 0. The molecule has 2 heterocycles. The topological polar surface area (TPSA) is 30.4 Å². The molecule has 0 saturated carbocycles. The van der Waals surface area contributed by atoms with E-state index in [1.165, 1.54) is 22.4 Å². The summed E-state index contributed by atoms with van der Waals surface area (Å²) in [5, 5.41) is 0. The summed E-state index contributed by atoms with van der Waals surface area (Å²) in [6.45, 7) is 11.5. The Morgan fingerprint density at radius 3 is 2.50 bits per heavy atom. The van der Waals surface area contributed by atoms with Gasteiger partial charge in [-0.15, -0.1) is 4.99 Å². The van der Waals surface area contributed by atoms with Gasteiger partial charge >= 0.3 is 6.02 Å². The van der Waals surface area contributed by atoms with E-state index in [9.17, 15) is 0 Å². The van der Waals surface area contributed by atoms with Gasteiger partial charge in [-0.05, 0) is 37.8 Å². The van der Waals surface area contributed by atoms with Gasteiger partial charge in [0, 0.05) is 0 Å². The summed E-state index contributed by atoms with van der Waals surface area (Å²) >= 11 is 0. The standard InChI is InChI=1S/C18H24N3O/c1-12(2)16-10-22-18(19-16)21-7-6-20(11-21)17-14(4)8-13(3)9-15(17)5/h6-9,11-12,16H,10H2,1-5H3/q+1/t16-/m1/s1. The van der Waals surface area contributed by atoms with Gasteiger partial charge in [-0.1, -0.05) is 31.5 Å². The summed E-state index contributed by atoms with van der Waals surface area (Å²) < 4.78 is 9.84. The van der Waals surface area contributed by atoms with Gasteiger partial charge in [-0.25, -0.2) is 4.57 Å². The number of nitrogens with zero attached hydrogens (tertiary/aromatic N) is 3. The molecule has 1 aliphatic heterocycles. The van der Waals surface area contributed by atoms with E-state index in [1.54, 1.807) is 0 Å². The van der Waals surface area contributed by atoms with Crippen LogP contribution in [-0.4, -0.2) is 23.2 Å². The summed E-state index contributed by atoms with van der Waals surface area (Å²) in [5.41, 5.74) is 5.06. The lowest BCUT2D eigenvalue weighted by Gasteiger charge is -2.08. The Hall–Kier alpha value is -2.10. The average molecular weight is 298 g/mol. The summed E-state index contributed by atoms with van der Waals surface area (Å²) in [7, 11) is 0. The third-order valence-electron chi connectivity index (χ3n) is 4.18. The highest BCUT2D eigenvalue weighted by Gasteiger charge is 2.29. The van der Waals surface area contributed by atoms with E-state index in [2.05, 4.69) is 62.5 Å². The maximum Gasteiger partial charge on any atom is 0.433 e. The minimum Gasteiger partial charge on any atom is -0.437 e. The SMILES string of the molecule is Cc1cc(C)c(-n2cc[n+](C3=N[C@@H](C(C)C)CO3)c2)c(C)c1. The number of hydrogen-bond acceptors (Lipinski definition) is 2. The van der Waals surface area contributed by atoms with E-state index >= 15 is 0 Å². The summed E-state index contributed by atoms with van der Waals surface area (Å²) in [5.74, 6) is 0.502. The van der Waals surface area contributed by atoms with Gasteiger partial charge in [-0.2, -0.15) is 4.57 Å². The molecule has 0 N–H and O–H groups in total. The second-order valence-electron chi connectivity index (χ2n) is 6.51. The largest absolute Gasteiger partial charge is 0.437 e. The van der Waals surface area contributed by atoms with Crippen LogP contribution >= 0.6 is 0 Å². The van der Waals surface area contributed by atoms with Crippen LogP contribution in [0.25, 0.3) is 5.69 Å². The van der Waals surface area contributed by atoms with Crippen molar-refractivity contribution in [1.82, 2.24) is 4.57 Å². The number of aryl methyl sites for hydroxylation is 3. The summed E-state index contributed by atoms with van der Waals surface area (Å²) in [6, 6.07) is 5.38. The lowest BCUT2D eigenvalue weighted by Crippen LogP contribution is -2.41. The maximum absolute atomic E-state index is 5.74. The van der Waals surface area contributed by atoms with Crippen LogP contribution in [0.3, 0.4) is 0 Å². The van der Waals surface area contributed by atoms with Crippen LogP contribution in [0.1, 0.15) is 30.5 Å². The zero-order valence-electron chi connectivity index (χ0n) is 14.0. The molecule has 22 heavy (non-hydrogen) atoms. The number of rotatable bonds is 2. The molecule has 4 heteroatoms. The average Bonchev–Trinajstić information content (AvgIpc) is 3.05. The molecule has 116 valence electrons. The Morgan fingerprint density at radius 1 is 1.23 bits per heavy atom. The molecule has 3 rings (SSSR count). The zero-order valence-corrected chi connectivity index (χ0v) is 14.0. The third-order valence-corrected chi connectivity index (χ3v) is 4.18. The van der Waals surface area contributed by atoms with E-state index in [0.717, 1.165) is 0 Å². The first kappa shape index (κ1) is 14.8. The van der Waals surface area contributed by atoms with Crippen LogP contribution < -0.4 is 4.57 Å². The zero-order chi connectivity index (χ0) is 15.9. The molecule has 2 aromatic rings. The first-order valence-electron chi connectivity index (χ1n) is 7.84. The van der Waals surface area contributed by atoms with Crippen molar-refractivity contribution in [2.75, 3.05) is 6.61 Å². The van der Waals surface area contributed by atoms with Gasteiger partial charge in [-0.3, -0.25) is 0 Å². The fourth-order valence-corrected chi connectivity index (χ4v) is 3.04. The fraction of sp³-hybridized carbons (Fsp3) is 0.444. The van der Waals surface area contributed by atoms with Crippen LogP contribution in [0, 0.1) is 26.7 Å². The molecule has 0 unspecified atom stereocenters. The Balaban J connectivity index is 1.94. The molecule has 0 bridgehead atoms. The quantitative estimate of drug-likeness (QED) is 0.784. The van der Waals surface area contributed by atoms with E-state index in [-0.39, 0.29) is 6.04 Å². The Labute approximate surface area is 132 Å². The molecule has 1 aromatic carbocycles. The van der Waals surface area contributed by atoms with Crippen molar-refractivity contribution in [1.29, 1.82) is 0 Å². The Morgan fingerprint density at radius 2 is 1.91 bits per heavy atom. The summed E-state index contributed by atoms with van der Waals surface area (Å²) in [4.78, 5) is 4.67. The van der Waals surface area contributed by atoms with E-state index in [1.807, 2.05) is 17.1 Å². The number of benzene rings is 1. The monoisotopic (exact) mass is 298 g/mol. The number of imidazole rings is 1. The van der Waals surface area contributed by atoms with Gasteiger partial charge in [0.25, 0.3) is 0 Å². The first-order chi connectivity index (χ1) is 10.5. The molecule has 1 aliphatic rings. The van der Waals surface area contributed by atoms with Crippen LogP contribution in [0.4, 0.5) is 0 Å². The lowest BCUT2D eigenvalue weighted by molar-refractivity contribution is -0.569. The third kappa shape index (κ3) is 2.65. The predicted octanol–water partition coefficient (Wildman–Crippen LogP) is 2.95. The van der Waals surface area contributed by atoms with Crippen LogP contribution in [0.5, 0.6) is 0 Å².